The maximum Gasteiger partial charge on any atom is 0.372 e. The van der Waals surface area contributed by atoms with Crippen molar-refractivity contribution < 1.29 is 9.90 Å². The van der Waals surface area contributed by atoms with Crippen LogP contribution in [0.25, 0.3) is 11.0 Å². The first-order chi connectivity index (χ1) is 7.68. The molecule has 4 nitrogen and oxygen atoms in total. The Kier molecular flexibility index (Phi) is 1.80. The molecule has 0 aliphatic heterocycles. The maximum atomic E-state index is 11.2. The van der Waals surface area contributed by atoms with Gasteiger partial charge in [0.1, 0.15) is 0 Å². The number of para-hydroxylation sites is 1. The summed E-state index contributed by atoms with van der Waals surface area (Å²) in [7, 11) is 0. The van der Waals surface area contributed by atoms with E-state index in [1.165, 1.54) is 0 Å². The highest BCUT2D eigenvalue weighted by molar-refractivity contribution is 5.91. The molecule has 0 bridgehead atoms. The van der Waals surface area contributed by atoms with Crippen molar-refractivity contribution in [3.63, 3.8) is 0 Å². The molecule has 0 radical (unpaired) electrons. The number of carbonyl (C=O) groups is 1. The summed E-state index contributed by atoms with van der Waals surface area (Å²) in [4.78, 5) is 15.3. The number of rotatable bonds is 2. The Hall–Kier alpha value is -1.84. The van der Waals surface area contributed by atoms with Crippen LogP contribution in [0, 0.1) is 6.92 Å². The van der Waals surface area contributed by atoms with Gasteiger partial charge >= 0.3 is 5.97 Å². The highest BCUT2D eigenvalue weighted by Crippen LogP contribution is 2.39. The van der Waals surface area contributed by atoms with E-state index in [1.807, 2.05) is 29.7 Å². The number of benzene rings is 1. The number of aromatic carboxylic acids is 1. The summed E-state index contributed by atoms with van der Waals surface area (Å²) in [6.07, 6.45) is 2.11. The second-order valence-electron chi connectivity index (χ2n) is 4.28. The van der Waals surface area contributed by atoms with Crippen LogP contribution >= 0.6 is 0 Å². The van der Waals surface area contributed by atoms with E-state index in [4.69, 9.17) is 5.11 Å². The van der Waals surface area contributed by atoms with Crippen molar-refractivity contribution >= 4 is 17.0 Å². The van der Waals surface area contributed by atoms with Gasteiger partial charge in [0.15, 0.2) is 0 Å². The van der Waals surface area contributed by atoms with Crippen LogP contribution in [-0.2, 0) is 0 Å². The Morgan fingerprint density at radius 2 is 2.25 bits per heavy atom. The molecule has 1 N–H and O–H groups in total. The fraction of sp³-hybridized carbons (Fsp3) is 0.333. The number of carboxylic acids is 1. The van der Waals surface area contributed by atoms with Crippen LogP contribution < -0.4 is 0 Å². The lowest BCUT2D eigenvalue weighted by molar-refractivity contribution is 0.0678. The predicted octanol–water partition coefficient (Wildman–Crippen LogP) is 2.38. The zero-order valence-corrected chi connectivity index (χ0v) is 8.97. The summed E-state index contributed by atoms with van der Waals surface area (Å²) >= 11 is 0. The quantitative estimate of drug-likeness (QED) is 0.838. The van der Waals surface area contributed by atoms with E-state index in [0.717, 1.165) is 29.4 Å². The molecule has 2 aromatic rings. The standard InChI is InChI=1S/C12H12N2O2/c1-7-3-2-4-9-10(7)14(8-5-6-8)11(13-9)12(15)16/h2-4,8H,5-6H2,1H3,(H,15,16). The van der Waals surface area contributed by atoms with Crippen LogP contribution in [0.2, 0.25) is 0 Å². The fourth-order valence-corrected chi connectivity index (χ4v) is 2.16. The van der Waals surface area contributed by atoms with Gasteiger partial charge in [-0.05, 0) is 31.4 Å². The van der Waals surface area contributed by atoms with E-state index < -0.39 is 5.97 Å². The molecule has 0 spiro atoms. The SMILES string of the molecule is Cc1cccc2nc(C(=O)O)n(C3CC3)c12. The van der Waals surface area contributed by atoms with Crippen LogP contribution in [-0.4, -0.2) is 20.6 Å². The normalized spacial score (nSPS) is 15.6. The van der Waals surface area contributed by atoms with Gasteiger partial charge in [0.2, 0.25) is 5.82 Å². The first-order valence-electron chi connectivity index (χ1n) is 5.39. The zero-order chi connectivity index (χ0) is 11.3. The minimum absolute atomic E-state index is 0.173. The molecule has 1 aliphatic carbocycles. The number of aromatic nitrogens is 2. The van der Waals surface area contributed by atoms with Crippen molar-refractivity contribution in [2.24, 2.45) is 0 Å². The van der Waals surface area contributed by atoms with Crippen LogP contribution in [0.4, 0.5) is 0 Å². The number of hydrogen-bond donors (Lipinski definition) is 1. The lowest BCUT2D eigenvalue weighted by atomic mass is 10.2. The molecule has 1 aromatic carbocycles. The number of aryl methyl sites for hydroxylation is 1. The lowest BCUT2D eigenvalue weighted by Gasteiger charge is -2.05. The molecule has 0 amide bonds. The van der Waals surface area contributed by atoms with Gasteiger partial charge in [-0.1, -0.05) is 12.1 Å². The third-order valence-corrected chi connectivity index (χ3v) is 3.02. The molecule has 0 unspecified atom stereocenters. The molecule has 0 saturated heterocycles. The molecule has 1 saturated carbocycles. The van der Waals surface area contributed by atoms with Gasteiger partial charge in [0.25, 0.3) is 0 Å². The summed E-state index contributed by atoms with van der Waals surface area (Å²) in [6.45, 7) is 1.99. The van der Waals surface area contributed by atoms with E-state index in [0.29, 0.717) is 6.04 Å². The van der Waals surface area contributed by atoms with E-state index in [9.17, 15) is 4.79 Å². The van der Waals surface area contributed by atoms with Crippen LogP contribution in [0.1, 0.15) is 35.1 Å². The summed E-state index contributed by atoms with van der Waals surface area (Å²) in [5.41, 5.74) is 2.84. The molecular weight excluding hydrogens is 204 g/mol. The van der Waals surface area contributed by atoms with Crippen molar-refractivity contribution in [3.8, 4) is 0 Å². The molecule has 1 aliphatic rings. The Labute approximate surface area is 92.5 Å². The van der Waals surface area contributed by atoms with Gasteiger partial charge in [-0.2, -0.15) is 0 Å². The van der Waals surface area contributed by atoms with Crippen LogP contribution in [0.15, 0.2) is 18.2 Å². The molecule has 3 rings (SSSR count). The largest absolute Gasteiger partial charge is 0.475 e. The Morgan fingerprint density at radius 3 is 2.88 bits per heavy atom. The first-order valence-corrected chi connectivity index (χ1v) is 5.39. The number of nitrogens with zero attached hydrogens (tertiary/aromatic N) is 2. The smallest absolute Gasteiger partial charge is 0.372 e. The second-order valence-corrected chi connectivity index (χ2v) is 4.28. The van der Waals surface area contributed by atoms with Gasteiger partial charge in [-0.15, -0.1) is 0 Å². The molecule has 82 valence electrons. The highest BCUT2D eigenvalue weighted by atomic mass is 16.4. The molecule has 16 heavy (non-hydrogen) atoms. The van der Waals surface area contributed by atoms with Crippen molar-refractivity contribution in [3.05, 3.63) is 29.6 Å². The summed E-state index contributed by atoms with van der Waals surface area (Å²) < 4.78 is 1.88. The average Bonchev–Trinajstić information content (AvgIpc) is 2.99. The van der Waals surface area contributed by atoms with Crippen molar-refractivity contribution in [1.29, 1.82) is 0 Å². The predicted molar refractivity (Wildman–Crippen MR) is 59.7 cm³/mol. The number of hydrogen-bond acceptors (Lipinski definition) is 2. The number of imidazole rings is 1. The van der Waals surface area contributed by atoms with Gasteiger partial charge in [0.05, 0.1) is 11.0 Å². The summed E-state index contributed by atoms with van der Waals surface area (Å²) in [6, 6.07) is 6.10. The third kappa shape index (κ3) is 1.23. The highest BCUT2D eigenvalue weighted by Gasteiger charge is 2.30. The molecule has 1 fully saturated rings. The summed E-state index contributed by atoms with van der Waals surface area (Å²) in [5.74, 6) is -0.769. The van der Waals surface area contributed by atoms with E-state index in [1.54, 1.807) is 0 Å². The average molecular weight is 216 g/mol. The van der Waals surface area contributed by atoms with Gasteiger partial charge < -0.3 is 9.67 Å². The molecule has 1 heterocycles. The Morgan fingerprint density at radius 1 is 1.50 bits per heavy atom. The monoisotopic (exact) mass is 216 g/mol. The molecule has 1 aromatic heterocycles. The lowest BCUT2D eigenvalue weighted by Crippen LogP contribution is -2.08. The fourth-order valence-electron chi connectivity index (χ4n) is 2.16. The van der Waals surface area contributed by atoms with Gasteiger partial charge in [0, 0.05) is 6.04 Å². The minimum Gasteiger partial charge on any atom is -0.475 e. The van der Waals surface area contributed by atoms with E-state index >= 15 is 0 Å². The van der Waals surface area contributed by atoms with Crippen LogP contribution in [0.5, 0.6) is 0 Å². The Balaban J connectivity index is 2.38. The minimum atomic E-state index is -0.942. The summed E-state index contributed by atoms with van der Waals surface area (Å²) in [5, 5.41) is 9.15. The maximum absolute atomic E-state index is 11.2. The van der Waals surface area contributed by atoms with Crippen molar-refractivity contribution in [2.75, 3.05) is 0 Å². The molecular formula is C12H12N2O2. The van der Waals surface area contributed by atoms with Crippen LogP contribution in [0.3, 0.4) is 0 Å². The second kappa shape index (κ2) is 3.07. The van der Waals surface area contributed by atoms with E-state index in [2.05, 4.69) is 4.98 Å². The molecule has 0 atom stereocenters. The number of carboxylic acid groups (broad SMARTS) is 1. The first kappa shape index (κ1) is 9.39. The third-order valence-electron chi connectivity index (χ3n) is 3.02. The van der Waals surface area contributed by atoms with Crippen molar-refractivity contribution in [1.82, 2.24) is 9.55 Å². The number of fused-ring (bicyclic) bond motifs is 1. The molecule has 4 heteroatoms. The zero-order valence-electron chi connectivity index (χ0n) is 8.97. The van der Waals surface area contributed by atoms with E-state index in [-0.39, 0.29) is 5.82 Å². The topological polar surface area (TPSA) is 55.1 Å². The Bertz CT molecular complexity index is 582. The van der Waals surface area contributed by atoms with Gasteiger partial charge in [-0.3, -0.25) is 0 Å². The van der Waals surface area contributed by atoms with Gasteiger partial charge in [-0.25, -0.2) is 9.78 Å². The van der Waals surface area contributed by atoms with Crippen molar-refractivity contribution in [2.45, 2.75) is 25.8 Å².